The Morgan fingerprint density at radius 3 is 2.73 bits per heavy atom. The molecule has 26 heavy (non-hydrogen) atoms. The Morgan fingerprint density at radius 2 is 1.96 bits per heavy atom. The summed E-state index contributed by atoms with van der Waals surface area (Å²) < 4.78 is 21.4. The topological polar surface area (TPSA) is 73.2 Å². The third-order valence-corrected chi connectivity index (χ3v) is 4.47. The molecule has 7 heteroatoms. The van der Waals surface area contributed by atoms with E-state index in [4.69, 9.17) is 4.74 Å². The van der Waals surface area contributed by atoms with Crippen molar-refractivity contribution in [2.24, 2.45) is 5.92 Å². The van der Waals surface area contributed by atoms with Crippen molar-refractivity contribution in [1.82, 2.24) is 9.55 Å². The number of halogens is 1. The van der Waals surface area contributed by atoms with E-state index in [-0.39, 0.29) is 18.1 Å². The second kappa shape index (κ2) is 6.25. The van der Waals surface area contributed by atoms with Gasteiger partial charge in [-0.1, -0.05) is 30.3 Å². The van der Waals surface area contributed by atoms with E-state index >= 15 is 0 Å². The predicted molar refractivity (Wildman–Crippen MR) is 93.0 cm³/mol. The van der Waals surface area contributed by atoms with E-state index in [0.717, 1.165) is 0 Å². The van der Waals surface area contributed by atoms with Crippen LogP contribution in [-0.4, -0.2) is 28.0 Å². The van der Waals surface area contributed by atoms with E-state index in [2.05, 4.69) is 10.3 Å². The molecule has 0 saturated heterocycles. The van der Waals surface area contributed by atoms with E-state index < -0.39 is 29.7 Å². The van der Waals surface area contributed by atoms with Gasteiger partial charge in [0.2, 0.25) is 11.9 Å². The van der Waals surface area contributed by atoms with Gasteiger partial charge in [0.15, 0.2) is 5.92 Å². The van der Waals surface area contributed by atoms with Gasteiger partial charge in [0.1, 0.15) is 5.82 Å². The molecule has 0 radical (unpaired) electrons. The van der Waals surface area contributed by atoms with Crippen LogP contribution in [0.2, 0.25) is 0 Å². The average Bonchev–Trinajstić information content (AvgIpc) is 2.99. The van der Waals surface area contributed by atoms with Crippen molar-refractivity contribution in [3.63, 3.8) is 0 Å². The second-order valence-electron chi connectivity index (χ2n) is 5.98. The summed E-state index contributed by atoms with van der Waals surface area (Å²) in [6, 6.07) is 12.5. The molecule has 2 atom stereocenters. The van der Waals surface area contributed by atoms with Crippen molar-refractivity contribution in [3.8, 4) is 0 Å². The van der Waals surface area contributed by atoms with Crippen molar-refractivity contribution < 1.29 is 18.7 Å². The summed E-state index contributed by atoms with van der Waals surface area (Å²) in [5.41, 5.74) is 1.59. The second-order valence-corrected chi connectivity index (χ2v) is 5.98. The van der Waals surface area contributed by atoms with Crippen molar-refractivity contribution >= 4 is 28.9 Å². The predicted octanol–water partition coefficient (Wildman–Crippen LogP) is 2.90. The zero-order chi connectivity index (χ0) is 18.3. The summed E-state index contributed by atoms with van der Waals surface area (Å²) >= 11 is 0. The fourth-order valence-electron chi connectivity index (χ4n) is 3.40. The minimum Gasteiger partial charge on any atom is -0.465 e. The van der Waals surface area contributed by atoms with Crippen molar-refractivity contribution in [1.29, 1.82) is 0 Å². The zero-order valence-electron chi connectivity index (χ0n) is 14.0. The third kappa shape index (κ3) is 2.44. The molecule has 0 aliphatic carbocycles. The van der Waals surface area contributed by atoms with Crippen LogP contribution >= 0.6 is 0 Å². The molecule has 1 amide bonds. The number of aromatic nitrogens is 2. The molecule has 3 aromatic rings. The fourth-order valence-corrected chi connectivity index (χ4v) is 3.40. The molecule has 2 aromatic carbocycles. The first-order valence-corrected chi connectivity index (χ1v) is 8.30. The van der Waals surface area contributed by atoms with Crippen LogP contribution in [0, 0.1) is 11.7 Å². The van der Waals surface area contributed by atoms with Crippen LogP contribution in [0.4, 0.5) is 10.3 Å². The largest absolute Gasteiger partial charge is 0.465 e. The van der Waals surface area contributed by atoms with Gasteiger partial charge in [0, 0.05) is 5.56 Å². The maximum atomic E-state index is 14.6. The summed E-state index contributed by atoms with van der Waals surface area (Å²) in [5, 5.41) is 2.65. The number of nitrogens with one attached hydrogen (secondary N) is 1. The molecule has 1 aliphatic rings. The lowest BCUT2D eigenvalue weighted by atomic mass is 9.90. The van der Waals surface area contributed by atoms with E-state index in [9.17, 15) is 14.0 Å². The number of benzene rings is 2. The first kappa shape index (κ1) is 16.3. The van der Waals surface area contributed by atoms with Crippen LogP contribution in [-0.2, 0) is 14.3 Å². The molecule has 0 saturated carbocycles. The Kier molecular flexibility index (Phi) is 3.91. The third-order valence-electron chi connectivity index (χ3n) is 4.47. The molecule has 1 N–H and O–H groups in total. The van der Waals surface area contributed by atoms with E-state index in [1.54, 1.807) is 35.8 Å². The number of hydrogen-bond acceptors (Lipinski definition) is 4. The van der Waals surface area contributed by atoms with Gasteiger partial charge in [-0.3, -0.25) is 14.9 Å². The Balaban J connectivity index is 1.99. The Hall–Kier alpha value is -3.22. The number of ether oxygens (including phenoxy) is 1. The lowest BCUT2D eigenvalue weighted by molar-refractivity contribution is -0.152. The van der Waals surface area contributed by atoms with Gasteiger partial charge >= 0.3 is 5.97 Å². The van der Waals surface area contributed by atoms with E-state index in [1.807, 2.05) is 18.2 Å². The number of hydrogen-bond donors (Lipinski definition) is 1. The number of esters is 1. The number of rotatable bonds is 3. The van der Waals surface area contributed by atoms with Gasteiger partial charge in [-0.2, -0.15) is 0 Å². The number of carbonyl (C=O) groups excluding carboxylic acids is 2. The van der Waals surface area contributed by atoms with Gasteiger partial charge in [-0.25, -0.2) is 9.37 Å². The van der Waals surface area contributed by atoms with E-state index in [0.29, 0.717) is 11.0 Å². The van der Waals surface area contributed by atoms with Gasteiger partial charge in [-0.15, -0.1) is 0 Å². The highest BCUT2D eigenvalue weighted by Crippen LogP contribution is 2.39. The van der Waals surface area contributed by atoms with Crippen molar-refractivity contribution in [2.75, 3.05) is 11.9 Å². The molecule has 1 aromatic heterocycles. The van der Waals surface area contributed by atoms with Crippen LogP contribution < -0.4 is 5.32 Å². The van der Waals surface area contributed by atoms with Gasteiger partial charge in [0.05, 0.1) is 23.7 Å². The Morgan fingerprint density at radius 1 is 1.23 bits per heavy atom. The number of anilines is 1. The highest BCUT2D eigenvalue weighted by Gasteiger charge is 2.44. The number of para-hydroxylation sites is 2. The van der Waals surface area contributed by atoms with Crippen molar-refractivity contribution in [2.45, 2.75) is 13.0 Å². The first-order chi connectivity index (χ1) is 12.6. The normalized spacial score (nSPS) is 19.1. The maximum absolute atomic E-state index is 14.6. The molecule has 0 fully saturated rings. The molecule has 0 bridgehead atoms. The average molecular weight is 353 g/mol. The molecule has 6 nitrogen and oxygen atoms in total. The minimum absolute atomic E-state index is 0.129. The number of carbonyl (C=O) groups is 2. The summed E-state index contributed by atoms with van der Waals surface area (Å²) in [5.74, 6) is -2.67. The molecule has 0 spiro atoms. The molecular formula is C19H16FN3O3. The number of fused-ring (bicyclic) bond motifs is 3. The lowest BCUT2D eigenvalue weighted by Crippen LogP contribution is -2.43. The molecule has 0 unspecified atom stereocenters. The number of amides is 1. The van der Waals surface area contributed by atoms with Crippen LogP contribution in [0.1, 0.15) is 18.5 Å². The SMILES string of the molecule is CCOC(=O)[C@@H]1C(=O)Nc2nc3ccccc3n2[C@@H]1c1ccccc1F. The zero-order valence-corrected chi connectivity index (χ0v) is 14.0. The van der Waals surface area contributed by atoms with Gasteiger partial charge < -0.3 is 9.30 Å². The number of imidazole rings is 1. The molecular weight excluding hydrogens is 337 g/mol. The summed E-state index contributed by atoms with van der Waals surface area (Å²) in [6.07, 6.45) is 0. The summed E-state index contributed by atoms with van der Waals surface area (Å²) in [6.45, 7) is 1.79. The fraction of sp³-hybridized carbons (Fsp3) is 0.211. The Bertz CT molecular complexity index is 1010. The lowest BCUT2D eigenvalue weighted by Gasteiger charge is -2.32. The molecule has 4 rings (SSSR count). The van der Waals surface area contributed by atoms with Crippen LogP contribution in [0.15, 0.2) is 48.5 Å². The van der Waals surface area contributed by atoms with Crippen LogP contribution in [0.25, 0.3) is 11.0 Å². The molecule has 132 valence electrons. The standard InChI is InChI=1S/C19H16FN3O3/c1-2-26-18(25)15-16(11-7-3-4-8-12(11)20)23-14-10-6-5-9-13(14)21-19(23)22-17(15)24/h3-10,15-16H,2H2,1H3,(H,21,22,24)/t15-,16+/m0/s1. The van der Waals surface area contributed by atoms with E-state index in [1.165, 1.54) is 6.07 Å². The van der Waals surface area contributed by atoms with Crippen LogP contribution in [0.5, 0.6) is 0 Å². The van der Waals surface area contributed by atoms with Crippen molar-refractivity contribution in [3.05, 3.63) is 59.9 Å². The van der Waals surface area contributed by atoms with Gasteiger partial charge in [-0.05, 0) is 25.1 Å². The molecule has 2 heterocycles. The number of nitrogens with zero attached hydrogens (tertiary/aromatic N) is 2. The molecule has 1 aliphatic heterocycles. The summed E-state index contributed by atoms with van der Waals surface area (Å²) in [4.78, 5) is 29.6. The first-order valence-electron chi connectivity index (χ1n) is 8.30. The maximum Gasteiger partial charge on any atom is 0.321 e. The Labute approximate surface area is 148 Å². The summed E-state index contributed by atoms with van der Waals surface area (Å²) in [7, 11) is 0. The smallest absolute Gasteiger partial charge is 0.321 e. The monoisotopic (exact) mass is 353 g/mol. The highest BCUT2D eigenvalue weighted by molar-refractivity contribution is 6.07. The minimum atomic E-state index is -1.21. The highest BCUT2D eigenvalue weighted by atomic mass is 19.1. The quantitative estimate of drug-likeness (QED) is 0.580. The van der Waals surface area contributed by atoms with Gasteiger partial charge in [0.25, 0.3) is 0 Å². The van der Waals surface area contributed by atoms with Crippen LogP contribution in [0.3, 0.4) is 0 Å².